The summed E-state index contributed by atoms with van der Waals surface area (Å²) in [5, 5.41) is 0. The van der Waals surface area contributed by atoms with Crippen LogP contribution in [0.3, 0.4) is 0 Å². The third-order valence-electron chi connectivity index (χ3n) is 0. The van der Waals surface area contributed by atoms with Gasteiger partial charge in [-0.1, -0.05) is 36.4 Å². The van der Waals surface area contributed by atoms with E-state index in [0.717, 1.165) is 0 Å². The molecule has 0 fully saturated rings. The molecule has 4 nitrogen and oxygen atoms in total. The van der Waals surface area contributed by atoms with E-state index < -0.39 is 10.4 Å². The Hall–Kier alpha value is 3.20. The van der Waals surface area contributed by atoms with Crippen molar-refractivity contribution in [3.63, 3.8) is 0 Å². The molecule has 0 saturated carbocycles. The number of halogens is 2. The molecule has 0 aliphatic rings. The van der Waals surface area contributed by atoms with Crippen LogP contribution in [0.1, 0.15) is 0 Å². The average Bonchev–Trinajstić information content (AvgIpc) is 1.62. The third kappa shape index (κ3) is 258. The van der Waals surface area contributed by atoms with Crippen molar-refractivity contribution in [2.24, 2.45) is 0 Å². The fourth-order valence-corrected chi connectivity index (χ4v) is 0. The Balaban J connectivity index is -0.0000000240. The van der Waals surface area contributed by atoms with Crippen molar-refractivity contribution in [2.45, 2.75) is 0 Å². The molecule has 0 N–H and O–H groups in total. The molecule has 0 aromatic carbocycles. The van der Waals surface area contributed by atoms with E-state index in [1.807, 2.05) is 0 Å². The minimum Gasteiger partial charge on any atom is -0.759 e. The van der Waals surface area contributed by atoms with Crippen molar-refractivity contribution in [1.82, 2.24) is 0 Å². The van der Waals surface area contributed by atoms with Gasteiger partial charge in [0.1, 0.15) is 0 Å². The first kappa shape index (κ1) is 29.8. The minimum atomic E-state index is -5.17. The molecule has 0 radical (unpaired) electrons. The van der Waals surface area contributed by atoms with Gasteiger partial charge in [-0.2, -0.15) is 0 Å². The Morgan fingerprint density at radius 3 is 1.00 bits per heavy atom. The predicted octanol–water partition coefficient (Wildman–Crippen LogP) is -4.59. The second-order valence-corrected chi connectivity index (χ2v) is 2.15. The van der Waals surface area contributed by atoms with Gasteiger partial charge in [-0.25, -0.2) is 0 Å². The van der Waals surface area contributed by atoms with Gasteiger partial charge >= 0.3 is 103 Å². The van der Waals surface area contributed by atoms with E-state index in [1.165, 1.54) is 11.1 Å². The third-order valence-corrected chi connectivity index (χ3v) is 0. The smallest absolute Gasteiger partial charge is 0.759 e. The summed E-state index contributed by atoms with van der Waals surface area (Å²) in [5.74, 6) is 0. The fraction of sp³-hybridized carbons (Fsp3) is 0. The molecular formula is C4H6Cl2K2O4S. The van der Waals surface area contributed by atoms with Gasteiger partial charge in [-0.05, 0) is 11.1 Å². The van der Waals surface area contributed by atoms with Crippen LogP contribution in [0.2, 0.25) is 0 Å². The molecular weight excluding hydrogens is 293 g/mol. The van der Waals surface area contributed by atoms with Gasteiger partial charge in [-0.3, -0.25) is 8.42 Å². The van der Waals surface area contributed by atoms with Crippen molar-refractivity contribution in [3.05, 3.63) is 24.2 Å². The Morgan fingerprint density at radius 1 is 1.00 bits per heavy atom. The topological polar surface area (TPSA) is 80.3 Å². The maximum atomic E-state index is 8.52. The van der Waals surface area contributed by atoms with E-state index in [-0.39, 0.29) is 103 Å². The van der Waals surface area contributed by atoms with Crippen molar-refractivity contribution >= 4 is 33.6 Å². The molecule has 9 heteroatoms. The number of hydrogen-bond acceptors (Lipinski definition) is 4. The van der Waals surface area contributed by atoms with Crippen LogP contribution in [0.5, 0.6) is 0 Å². The Bertz CT molecular complexity index is 169. The normalized spacial score (nSPS) is 6.46. The zero-order chi connectivity index (χ0) is 9.91. The molecule has 0 atom stereocenters. The Labute approximate surface area is 174 Å². The summed E-state index contributed by atoms with van der Waals surface area (Å²) in [5.41, 5.74) is 2.44. The molecule has 13 heavy (non-hydrogen) atoms. The van der Waals surface area contributed by atoms with Crippen molar-refractivity contribution in [2.75, 3.05) is 0 Å². The van der Waals surface area contributed by atoms with E-state index in [1.54, 1.807) is 0 Å². The van der Waals surface area contributed by atoms with Crippen molar-refractivity contribution in [1.29, 1.82) is 0 Å². The first-order valence-electron chi connectivity index (χ1n) is 1.92. The number of rotatable bonds is 0. The van der Waals surface area contributed by atoms with Crippen LogP contribution in [0.25, 0.3) is 0 Å². The molecule has 0 heterocycles. The van der Waals surface area contributed by atoms with Crippen LogP contribution in [0.15, 0.2) is 24.2 Å². The summed E-state index contributed by atoms with van der Waals surface area (Å²) in [6, 6.07) is 0. The Morgan fingerprint density at radius 2 is 1.00 bits per heavy atom. The second-order valence-electron chi connectivity index (χ2n) is 0.717. The molecule has 0 aliphatic carbocycles. The van der Waals surface area contributed by atoms with E-state index in [0.29, 0.717) is 0 Å². The van der Waals surface area contributed by atoms with Crippen LogP contribution in [-0.2, 0) is 10.4 Å². The van der Waals surface area contributed by atoms with Gasteiger partial charge in [0.05, 0.1) is 0 Å². The molecule has 0 spiro atoms. The van der Waals surface area contributed by atoms with Crippen molar-refractivity contribution < 1.29 is 120 Å². The van der Waals surface area contributed by atoms with Crippen LogP contribution in [-0.4, -0.2) is 17.5 Å². The van der Waals surface area contributed by atoms with E-state index in [2.05, 4.69) is 13.2 Å². The van der Waals surface area contributed by atoms with Gasteiger partial charge in [0.25, 0.3) is 0 Å². The van der Waals surface area contributed by atoms with Gasteiger partial charge in [-0.15, -0.1) is 0 Å². The minimum absolute atomic E-state index is 0. The molecule has 0 unspecified atom stereocenters. The molecule has 0 saturated heterocycles. The molecule has 0 aliphatic heterocycles. The van der Waals surface area contributed by atoms with Crippen LogP contribution >= 0.6 is 23.2 Å². The van der Waals surface area contributed by atoms with E-state index in [9.17, 15) is 0 Å². The van der Waals surface area contributed by atoms with E-state index in [4.69, 9.17) is 40.7 Å². The van der Waals surface area contributed by atoms with Crippen LogP contribution in [0, 0.1) is 0 Å². The summed E-state index contributed by atoms with van der Waals surface area (Å²) >= 11 is 9.52. The summed E-state index contributed by atoms with van der Waals surface area (Å²) in [4.78, 5) is 0. The quantitative estimate of drug-likeness (QED) is 0.256. The van der Waals surface area contributed by atoms with Gasteiger partial charge in [0.2, 0.25) is 0 Å². The SMILES string of the molecule is C=CCl.C=CCl.O=S(=O)([O-])[O-].[K+].[K+]. The fourth-order valence-electron chi connectivity index (χ4n) is 0. The molecule has 0 rings (SSSR count). The van der Waals surface area contributed by atoms with Gasteiger partial charge in [0, 0.05) is 10.4 Å². The monoisotopic (exact) mass is 298 g/mol. The first-order chi connectivity index (χ1) is 4.83. The maximum Gasteiger partial charge on any atom is 1.00 e. The second kappa shape index (κ2) is 24.4. The largest absolute Gasteiger partial charge is 1.00 e. The summed E-state index contributed by atoms with van der Waals surface area (Å²) < 4.78 is 34.1. The van der Waals surface area contributed by atoms with Crippen LogP contribution < -0.4 is 103 Å². The van der Waals surface area contributed by atoms with Gasteiger partial charge < -0.3 is 9.11 Å². The summed E-state index contributed by atoms with van der Waals surface area (Å²) in [7, 11) is -5.17. The average molecular weight is 299 g/mol. The maximum absolute atomic E-state index is 8.52. The van der Waals surface area contributed by atoms with E-state index >= 15 is 0 Å². The molecule has 0 aromatic heterocycles. The standard InChI is InChI=1S/2C2H3Cl.2K.H2O4S/c2*1-2-3;;;1-5(2,3)4/h2*2H,1H2;;;(H2,1,2,3,4)/q;;2*+1;/p-2. The zero-order valence-corrected chi connectivity index (χ0v) is 15.9. The molecule has 0 aromatic rings. The summed E-state index contributed by atoms with van der Waals surface area (Å²) in [6.45, 7) is 6.25. The molecule has 0 amide bonds. The zero-order valence-electron chi connectivity index (χ0n) is 7.37. The molecule has 0 bridgehead atoms. The first-order valence-corrected chi connectivity index (χ1v) is 4.13. The van der Waals surface area contributed by atoms with Crippen molar-refractivity contribution in [3.8, 4) is 0 Å². The molecule has 68 valence electrons. The van der Waals surface area contributed by atoms with Crippen LogP contribution in [0.4, 0.5) is 0 Å². The predicted molar refractivity (Wildman–Crippen MR) is 42.6 cm³/mol. The summed E-state index contributed by atoms with van der Waals surface area (Å²) in [6.07, 6.45) is 0. The van der Waals surface area contributed by atoms with Gasteiger partial charge in [0.15, 0.2) is 0 Å². The number of hydrogen-bond donors (Lipinski definition) is 0. The Kier molecular flexibility index (Phi) is 56.1.